The molecular formula is C25H20F2N4O3S. The number of aromatic nitrogens is 2. The van der Waals surface area contributed by atoms with E-state index in [0.29, 0.717) is 22.2 Å². The van der Waals surface area contributed by atoms with Crippen molar-refractivity contribution in [3.05, 3.63) is 94.3 Å². The number of aryl methyl sites for hydroxylation is 1. The second-order valence-electron chi connectivity index (χ2n) is 7.61. The lowest BCUT2D eigenvalue weighted by Crippen LogP contribution is -2.34. The smallest absolute Gasteiger partial charge is 0.266 e. The fraction of sp³-hybridized carbons (Fsp3) is 0.120. The van der Waals surface area contributed by atoms with Crippen LogP contribution in [0.3, 0.4) is 0 Å². The molecule has 0 atom stereocenters. The van der Waals surface area contributed by atoms with Gasteiger partial charge < -0.3 is 10.6 Å². The molecule has 4 rings (SSSR count). The normalized spacial score (nSPS) is 10.8. The van der Waals surface area contributed by atoms with Crippen molar-refractivity contribution in [2.45, 2.75) is 12.1 Å². The number of hydrogen-bond donors (Lipinski definition) is 2. The molecule has 1 aromatic heterocycles. The summed E-state index contributed by atoms with van der Waals surface area (Å²) in [5, 5.41) is 5.61. The van der Waals surface area contributed by atoms with Crippen LogP contribution in [0.2, 0.25) is 0 Å². The zero-order valence-corrected chi connectivity index (χ0v) is 19.4. The Morgan fingerprint density at radius 3 is 2.49 bits per heavy atom. The van der Waals surface area contributed by atoms with Crippen molar-refractivity contribution in [2.75, 3.05) is 17.6 Å². The number of thioether (sulfide) groups is 1. The summed E-state index contributed by atoms with van der Waals surface area (Å²) >= 11 is 0.990. The minimum Gasteiger partial charge on any atom is -0.346 e. The van der Waals surface area contributed by atoms with Crippen LogP contribution >= 0.6 is 11.8 Å². The fourth-order valence-electron chi connectivity index (χ4n) is 3.26. The Morgan fingerprint density at radius 1 is 1.00 bits per heavy atom. The van der Waals surface area contributed by atoms with E-state index in [2.05, 4.69) is 15.6 Å². The third kappa shape index (κ3) is 5.72. The summed E-state index contributed by atoms with van der Waals surface area (Å²) in [7, 11) is 0. The maximum atomic E-state index is 14.2. The first-order valence-corrected chi connectivity index (χ1v) is 11.5. The van der Waals surface area contributed by atoms with Crippen molar-refractivity contribution in [2.24, 2.45) is 0 Å². The number of anilines is 1. The van der Waals surface area contributed by atoms with Gasteiger partial charge in [-0.1, -0.05) is 30.0 Å². The van der Waals surface area contributed by atoms with Crippen LogP contribution in [0.5, 0.6) is 0 Å². The van der Waals surface area contributed by atoms with Crippen LogP contribution in [-0.4, -0.2) is 33.7 Å². The predicted octanol–water partition coefficient (Wildman–Crippen LogP) is 3.82. The number of nitrogens with zero attached hydrogens (tertiary/aromatic N) is 2. The Labute approximate surface area is 203 Å². The van der Waals surface area contributed by atoms with Crippen molar-refractivity contribution < 1.29 is 18.4 Å². The molecule has 178 valence electrons. The van der Waals surface area contributed by atoms with Crippen LogP contribution < -0.4 is 16.2 Å². The van der Waals surface area contributed by atoms with Gasteiger partial charge in [0.1, 0.15) is 11.6 Å². The number of carbonyl (C=O) groups excluding carboxylic acids is 2. The third-order valence-corrected chi connectivity index (χ3v) is 6.00. The van der Waals surface area contributed by atoms with Gasteiger partial charge in [-0.3, -0.25) is 19.0 Å². The maximum absolute atomic E-state index is 14.2. The number of benzene rings is 3. The highest BCUT2D eigenvalue weighted by Crippen LogP contribution is 2.22. The van der Waals surface area contributed by atoms with Gasteiger partial charge in [0.05, 0.1) is 28.9 Å². The van der Waals surface area contributed by atoms with Gasteiger partial charge in [-0.15, -0.1) is 0 Å². The molecule has 0 spiro atoms. The van der Waals surface area contributed by atoms with Crippen LogP contribution in [0.4, 0.5) is 14.5 Å². The van der Waals surface area contributed by atoms with Crippen molar-refractivity contribution in [1.29, 1.82) is 0 Å². The van der Waals surface area contributed by atoms with Gasteiger partial charge in [0, 0.05) is 5.69 Å². The van der Waals surface area contributed by atoms with E-state index in [-0.39, 0.29) is 28.7 Å². The van der Waals surface area contributed by atoms with E-state index in [0.717, 1.165) is 11.8 Å². The lowest BCUT2D eigenvalue weighted by Gasteiger charge is -2.14. The lowest BCUT2D eigenvalue weighted by molar-refractivity contribution is -0.122. The van der Waals surface area contributed by atoms with E-state index >= 15 is 0 Å². The van der Waals surface area contributed by atoms with E-state index < -0.39 is 23.4 Å². The second kappa shape index (κ2) is 10.5. The van der Waals surface area contributed by atoms with Gasteiger partial charge in [-0.05, 0) is 61.0 Å². The minimum atomic E-state index is -0.481. The molecule has 0 saturated heterocycles. The van der Waals surface area contributed by atoms with Crippen molar-refractivity contribution in [3.63, 3.8) is 0 Å². The number of halogens is 2. The summed E-state index contributed by atoms with van der Waals surface area (Å²) in [4.78, 5) is 42.1. The number of para-hydroxylation sites is 1. The molecule has 3 aromatic carbocycles. The van der Waals surface area contributed by atoms with Gasteiger partial charge in [0.15, 0.2) is 5.16 Å². The van der Waals surface area contributed by atoms with Crippen LogP contribution in [0.25, 0.3) is 16.6 Å². The first-order valence-electron chi connectivity index (χ1n) is 10.5. The summed E-state index contributed by atoms with van der Waals surface area (Å²) in [5.74, 6) is -1.98. The van der Waals surface area contributed by atoms with Crippen LogP contribution in [0.1, 0.15) is 5.56 Å². The molecule has 0 saturated carbocycles. The molecular weight excluding hydrogens is 474 g/mol. The number of rotatable bonds is 7. The van der Waals surface area contributed by atoms with Crippen molar-refractivity contribution >= 4 is 40.2 Å². The molecule has 1 heterocycles. The average Bonchev–Trinajstić information content (AvgIpc) is 2.85. The maximum Gasteiger partial charge on any atom is 0.266 e. The molecule has 7 nitrogen and oxygen atoms in total. The summed E-state index contributed by atoms with van der Waals surface area (Å²) in [6, 6.07) is 16.4. The Bertz CT molecular complexity index is 1470. The molecule has 4 aromatic rings. The van der Waals surface area contributed by atoms with E-state index in [9.17, 15) is 23.2 Å². The Morgan fingerprint density at radius 2 is 1.74 bits per heavy atom. The molecule has 0 unspecified atom stereocenters. The van der Waals surface area contributed by atoms with Gasteiger partial charge >= 0.3 is 0 Å². The molecule has 10 heteroatoms. The topological polar surface area (TPSA) is 93.1 Å². The van der Waals surface area contributed by atoms with Crippen LogP contribution in [-0.2, 0) is 9.59 Å². The number of fused-ring (bicyclic) bond motifs is 1. The Balaban J connectivity index is 1.49. The van der Waals surface area contributed by atoms with E-state index in [1.165, 1.54) is 34.9 Å². The first kappa shape index (κ1) is 24.1. The number of hydrogen-bond acceptors (Lipinski definition) is 5. The van der Waals surface area contributed by atoms with Crippen molar-refractivity contribution in [3.8, 4) is 5.69 Å². The molecule has 0 aliphatic rings. The molecule has 0 fully saturated rings. The molecule has 0 bridgehead atoms. The molecule has 0 aliphatic heterocycles. The van der Waals surface area contributed by atoms with Crippen molar-refractivity contribution in [1.82, 2.24) is 14.9 Å². The standard InChI is InChI=1S/C25H20F2N4O3S/c1-15-6-11-18(12-20(15)27)31-24(34)19-4-2-3-5-21(19)30-25(31)35-14-23(33)28-13-22(32)29-17-9-7-16(26)8-10-17/h2-12H,13-14H2,1H3,(H,28,33)(H,29,32). The highest BCUT2D eigenvalue weighted by molar-refractivity contribution is 7.99. The summed E-state index contributed by atoms with van der Waals surface area (Å²) in [6.07, 6.45) is 0. The van der Waals surface area contributed by atoms with E-state index in [1.54, 1.807) is 43.3 Å². The summed E-state index contributed by atoms with van der Waals surface area (Å²) < 4.78 is 28.5. The number of carbonyl (C=O) groups is 2. The Hall–Kier alpha value is -4.05. The molecule has 0 aliphatic carbocycles. The zero-order chi connectivity index (χ0) is 24.9. The van der Waals surface area contributed by atoms with Gasteiger partial charge in [-0.2, -0.15) is 0 Å². The SMILES string of the molecule is Cc1ccc(-n2c(SCC(=O)NCC(=O)Nc3ccc(F)cc3)nc3ccccc3c2=O)cc1F. The van der Waals surface area contributed by atoms with Gasteiger partial charge in [-0.25, -0.2) is 13.8 Å². The highest BCUT2D eigenvalue weighted by atomic mass is 32.2. The lowest BCUT2D eigenvalue weighted by atomic mass is 10.2. The third-order valence-electron chi connectivity index (χ3n) is 5.07. The molecule has 35 heavy (non-hydrogen) atoms. The molecule has 2 N–H and O–H groups in total. The van der Waals surface area contributed by atoms with Gasteiger partial charge in [0.25, 0.3) is 5.56 Å². The monoisotopic (exact) mass is 494 g/mol. The zero-order valence-electron chi connectivity index (χ0n) is 18.5. The predicted molar refractivity (Wildman–Crippen MR) is 131 cm³/mol. The Kier molecular flexibility index (Phi) is 7.21. The van der Waals surface area contributed by atoms with E-state index in [1.807, 2.05) is 0 Å². The summed E-state index contributed by atoms with van der Waals surface area (Å²) in [5.41, 5.74) is 1.18. The number of nitrogens with one attached hydrogen (secondary N) is 2. The van der Waals surface area contributed by atoms with Crippen LogP contribution in [0, 0.1) is 18.6 Å². The average molecular weight is 495 g/mol. The van der Waals surface area contributed by atoms with E-state index in [4.69, 9.17) is 0 Å². The van der Waals surface area contributed by atoms with Crippen LogP contribution in [0.15, 0.2) is 76.7 Å². The molecule has 2 amide bonds. The summed E-state index contributed by atoms with van der Waals surface area (Å²) in [6.45, 7) is 1.32. The number of amides is 2. The second-order valence-corrected chi connectivity index (χ2v) is 8.55. The quantitative estimate of drug-likeness (QED) is 0.301. The highest BCUT2D eigenvalue weighted by Gasteiger charge is 2.16. The molecule has 0 radical (unpaired) electrons. The largest absolute Gasteiger partial charge is 0.346 e. The fourth-order valence-corrected chi connectivity index (χ4v) is 4.10. The first-order chi connectivity index (χ1) is 16.8. The van der Waals surface area contributed by atoms with Gasteiger partial charge in [0.2, 0.25) is 11.8 Å². The minimum absolute atomic E-state index is 0.136.